The molecule has 1 atom stereocenters. The van der Waals surface area contributed by atoms with Gasteiger partial charge in [-0.3, -0.25) is 14.3 Å². The van der Waals surface area contributed by atoms with Crippen LogP contribution in [0.3, 0.4) is 0 Å². The Morgan fingerprint density at radius 2 is 1.69 bits per heavy atom. The van der Waals surface area contributed by atoms with Crippen LogP contribution in [0.1, 0.15) is 18.1 Å². The molecular formula is C26H25N3O3. The molecule has 0 saturated heterocycles. The van der Waals surface area contributed by atoms with Crippen molar-refractivity contribution in [3.8, 4) is 0 Å². The molecule has 0 bridgehead atoms. The predicted octanol–water partition coefficient (Wildman–Crippen LogP) is 4.38. The SMILES string of the molecule is CCN(C(=O)C(Cc1cnn(Cc2ccccc2)c1)C(=O)O)c1cccc2ccccc12. The van der Waals surface area contributed by atoms with Crippen LogP contribution in [-0.4, -0.2) is 33.3 Å². The quantitative estimate of drug-likeness (QED) is 0.424. The number of anilines is 1. The van der Waals surface area contributed by atoms with Gasteiger partial charge in [0.25, 0.3) is 0 Å². The minimum Gasteiger partial charge on any atom is -0.481 e. The van der Waals surface area contributed by atoms with Crippen molar-refractivity contribution in [3.63, 3.8) is 0 Å². The molecule has 6 heteroatoms. The van der Waals surface area contributed by atoms with Gasteiger partial charge in [-0.2, -0.15) is 5.10 Å². The predicted molar refractivity (Wildman–Crippen MR) is 125 cm³/mol. The topological polar surface area (TPSA) is 75.4 Å². The molecule has 0 aliphatic heterocycles. The summed E-state index contributed by atoms with van der Waals surface area (Å²) in [6.07, 6.45) is 3.54. The molecule has 4 aromatic rings. The number of aliphatic carboxylic acids is 1. The summed E-state index contributed by atoms with van der Waals surface area (Å²) in [6.45, 7) is 2.82. The molecule has 1 unspecified atom stereocenters. The minimum atomic E-state index is -1.19. The van der Waals surface area contributed by atoms with E-state index in [0.29, 0.717) is 13.1 Å². The van der Waals surface area contributed by atoms with Gasteiger partial charge in [-0.1, -0.05) is 66.7 Å². The maximum atomic E-state index is 13.4. The van der Waals surface area contributed by atoms with E-state index in [2.05, 4.69) is 5.10 Å². The zero-order chi connectivity index (χ0) is 22.5. The average Bonchev–Trinajstić information content (AvgIpc) is 3.25. The van der Waals surface area contributed by atoms with Gasteiger partial charge in [0.05, 0.1) is 18.4 Å². The molecule has 0 spiro atoms. The minimum absolute atomic E-state index is 0.0875. The normalized spacial score (nSPS) is 11.9. The van der Waals surface area contributed by atoms with Gasteiger partial charge in [0.2, 0.25) is 5.91 Å². The second-order valence-electron chi connectivity index (χ2n) is 7.71. The maximum Gasteiger partial charge on any atom is 0.316 e. The molecular weight excluding hydrogens is 402 g/mol. The lowest BCUT2D eigenvalue weighted by Crippen LogP contribution is -2.40. The number of rotatable bonds is 8. The molecule has 4 rings (SSSR count). The second-order valence-corrected chi connectivity index (χ2v) is 7.71. The highest BCUT2D eigenvalue weighted by Crippen LogP contribution is 2.28. The number of carbonyl (C=O) groups is 2. The van der Waals surface area contributed by atoms with Crippen LogP contribution in [0.25, 0.3) is 10.8 Å². The highest BCUT2D eigenvalue weighted by Gasteiger charge is 2.32. The van der Waals surface area contributed by atoms with Crippen molar-refractivity contribution in [1.82, 2.24) is 9.78 Å². The third-order valence-corrected chi connectivity index (χ3v) is 5.55. The Kier molecular flexibility index (Phi) is 6.31. The fraction of sp³-hybridized carbons (Fsp3) is 0.192. The Balaban J connectivity index is 1.57. The molecule has 0 fully saturated rings. The van der Waals surface area contributed by atoms with Crippen molar-refractivity contribution in [2.24, 2.45) is 5.92 Å². The van der Waals surface area contributed by atoms with Crippen molar-refractivity contribution in [3.05, 3.63) is 96.3 Å². The van der Waals surface area contributed by atoms with E-state index >= 15 is 0 Å². The van der Waals surface area contributed by atoms with Crippen LogP contribution >= 0.6 is 0 Å². The summed E-state index contributed by atoms with van der Waals surface area (Å²) in [6, 6.07) is 23.4. The summed E-state index contributed by atoms with van der Waals surface area (Å²) >= 11 is 0. The van der Waals surface area contributed by atoms with Crippen LogP contribution in [0.2, 0.25) is 0 Å². The standard InChI is InChI=1S/C26H25N3O3/c1-2-29(24-14-8-12-21-11-6-7-13-22(21)24)25(30)23(26(31)32)15-20-16-27-28(18-20)17-19-9-4-3-5-10-19/h3-14,16,18,23H,2,15,17H2,1H3,(H,31,32). The molecule has 1 N–H and O–H groups in total. The fourth-order valence-electron chi connectivity index (χ4n) is 3.96. The van der Waals surface area contributed by atoms with Crippen LogP contribution in [0, 0.1) is 5.92 Å². The van der Waals surface area contributed by atoms with E-state index in [1.54, 1.807) is 15.8 Å². The van der Waals surface area contributed by atoms with E-state index in [1.165, 1.54) is 0 Å². The van der Waals surface area contributed by atoms with E-state index < -0.39 is 17.8 Å². The van der Waals surface area contributed by atoms with Crippen LogP contribution in [0.4, 0.5) is 5.69 Å². The molecule has 1 heterocycles. The molecule has 1 aromatic heterocycles. The number of carboxylic acids is 1. The number of nitrogens with zero attached hydrogens (tertiary/aromatic N) is 3. The lowest BCUT2D eigenvalue weighted by atomic mass is 9.99. The van der Waals surface area contributed by atoms with Crippen LogP contribution in [0.15, 0.2) is 85.2 Å². The number of benzene rings is 3. The number of hydrogen-bond donors (Lipinski definition) is 1. The van der Waals surface area contributed by atoms with Crippen molar-refractivity contribution < 1.29 is 14.7 Å². The molecule has 0 radical (unpaired) electrons. The number of aromatic nitrogens is 2. The maximum absolute atomic E-state index is 13.4. The van der Waals surface area contributed by atoms with E-state index in [-0.39, 0.29) is 6.42 Å². The van der Waals surface area contributed by atoms with E-state index in [9.17, 15) is 14.7 Å². The smallest absolute Gasteiger partial charge is 0.316 e. The molecule has 0 aliphatic carbocycles. The first-order chi connectivity index (χ1) is 15.6. The molecule has 162 valence electrons. The molecule has 32 heavy (non-hydrogen) atoms. The average molecular weight is 428 g/mol. The summed E-state index contributed by atoms with van der Waals surface area (Å²) in [5, 5.41) is 16.1. The zero-order valence-electron chi connectivity index (χ0n) is 17.9. The third kappa shape index (κ3) is 4.54. The van der Waals surface area contributed by atoms with Gasteiger partial charge in [-0.25, -0.2) is 0 Å². The van der Waals surface area contributed by atoms with E-state index in [1.807, 2.05) is 85.9 Å². The van der Waals surface area contributed by atoms with Crippen molar-refractivity contribution in [2.75, 3.05) is 11.4 Å². The first-order valence-corrected chi connectivity index (χ1v) is 10.6. The highest BCUT2D eigenvalue weighted by molar-refractivity contribution is 6.10. The number of amides is 1. The Bertz CT molecular complexity index is 1230. The number of hydrogen-bond acceptors (Lipinski definition) is 3. The molecule has 3 aromatic carbocycles. The van der Waals surface area contributed by atoms with Crippen LogP contribution in [0.5, 0.6) is 0 Å². The molecule has 0 aliphatic rings. The van der Waals surface area contributed by atoms with Crippen molar-refractivity contribution in [2.45, 2.75) is 19.9 Å². The zero-order valence-corrected chi connectivity index (χ0v) is 17.9. The van der Waals surface area contributed by atoms with Crippen molar-refractivity contribution >= 4 is 28.3 Å². The number of carboxylic acid groups (broad SMARTS) is 1. The third-order valence-electron chi connectivity index (χ3n) is 5.55. The van der Waals surface area contributed by atoms with E-state index in [4.69, 9.17) is 0 Å². The van der Waals surface area contributed by atoms with Gasteiger partial charge >= 0.3 is 5.97 Å². The van der Waals surface area contributed by atoms with Gasteiger partial charge in [0.1, 0.15) is 5.92 Å². The monoisotopic (exact) mass is 427 g/mol. The Labute approximate surface area is 186 Å². The lowest BCUT2D eigenvalue weighted by Gasteiger charge is -2.25. The largest absolute Gasteiger partial charge is 0.481 e. The van der Waals surface area contributed by atoms with Gasteiger partial charge < -0.3 is 10.0 Å². The van der Waals surface area contributed by atoms with Gasteiger partial charge in [-0.15, -0.1) is 0 Å². The Morgan fingerprint density at radius 3 is 2.44 bits per heavy atom. The second kappa shape index (κ2) is 9.47. The van der Waals surface area contributed by atoms with Crippen LogP contribution in [-0.2, 0) is 22.6 Å². The number of fused-ring (bicyclic) bond motifs is 1. The molecule has 6 nitrogen and oxygen atoms in total. The Hall–Kier alpha value is -3.93. The number of carbonyl (C=O) groups excluding carboxylic acids is 1. The first kappa shape index (κ1) is 21.3. The van der Waals surface area contributed by atoms with Crippen LogP contribution < -0.4 is 4.90 Å². The van der Waals surface area contributed by atoms with Gasteiger partial charge in [0, 0.05) is 18.1 Å². The van der Waals surface area contributed by atoms with Gasteiger partial charge in [0.15, 0.2) is 0 Å². The summed E-state index contributed by atoms with van der Waals surface area (Å²) in [5.41, 5.74) is 2.54. The molecule has 0 saturated carbocycles. The van der Waals surface area contributed by atoms with Crippen molar-refractivity contribution in [1.29, 1.82) is 0 Å². The fourth-order valence-corrected chi connectivity index (χ4v) is 3.96. The summed E-state index contributed by atoms with van der Waals surface area (Å²) in [7, 11) is 0. The Morgan fingerprint density at radius 1 is 0.969 bits per heavy atom. The summed E-state index contributed by atoms with van der Waals surface area (Å²) in [5.74, 6) is -2.75. The van der Waals surface area contributed by atoms with E-state index in [0.717, 1.165) is 27.6 Å². The van der Waals surface area contributed by atoms with Gasteiger partial charge in [-0.05, 0) is 35.9 Å². The lowest BCUT2D eigenvalue weighted by molar-refractivity contribution is -0.146. The summed E-state index contributed by atoms with van der Waals surface area (Å²) in [4.78, 5) is 27.0. The summed E-state index contributed by atoms with van der Waals surface area (Å²) < 4.78 is 1.76. The highest BCUT2D eigenvalue weighted by atomic mass is 16.4. The first-order valence-electron chi connectivity index (χ1n) is 10.6. The molecule has 1 amide bonds.